The first-order valence-corrected chi connectivity index (χ1v) is 9.54. The molecule has 1 saturated carbocycles. The summed E-state index contributed by atoms with van der Waals surface area (Å²) in [5, 5.41) is 3.39. The molecule has 0 spiro atoms. The molecule has 140 valence electrons. The van der Waals surface area contributed by atoms with Crippen LogP contribution in [0.2, 0.25) is 0 Å². The van der Waals surface area contributed by atoms with E-state index in [1.165, 1.54) is 0 Å². The number of hydrogen-bond acceptors (Lipinski definition) is 4. The van der Waals surface area contributed by atoms with Crippen molar-refractivity contribution in [3.05, 3.63) is 47.9 Å². The van der Waals surface area contributed by atoms with Gasteiger partial charge in [0.05, 0.1) is 5.69 Å². The van der Waals surface area contributed by atoms with Gasteiger partial charge in [-0.2, -0.15) is 0 Å². The first-order valence-electron chi connectivity index (χ1n) is 9.54. The minimum absolute atomic E-state index is 0.362. The molecule has 0 unspecified atom stereocenters. The fourth-order valence-corrected chi connectivity index (χ4v) is 3.34. The molecule has 0 atom stereocenters. The fourth-order valence-electron chi connectivity index (χ4n) is 3.34. The summed E-state index contributed by atoms with van der Waals surface area (Å²) in [7, 11) is 0. The second-order valence-electron chi connectivity index (χ2n) is 7.68. The highest BCUT2D eigenvalue weighted by Gasteiger charge is 2.28. The number of nitrogens with two attached hydrogens (primary N) is 1. The molecule has 3 N–H and O–H groups in total. The Bertz CT molecular complexity index is 987. The van der Waals surface area contributed by atoms with Gasteiger partial charge in [0.1, 0.15) is 0 Å². The largest absolute Gasteiger partial charge is 0.367 e. The number of carbonyl (C=O) groups excluding carboxylic acids is 1. The van der Waals surface area contributed by atoms with Crippen LogP contribution in [-0.4, -0.2) is 26.8 Å². The Balaban J connectivity index is 1.68. The molecule has 1 aliphatic rings. The summed E-state index contributed by atoms with van der Waals surface area (Å²) in [5.74, 6) is 1.51. The number of imidazole rings is 1. The predicted molar refractivity (Wildman–Crippen MR) is 107 cm³/mol. The van der Waals surface area contributed by atoms with Crippen LogP contribution in [0.25, 0.3) is 16.9 Å². The lowest BCUT2D eigenvalue weighted by atomic mass is 9.98. The molecule has 2 heterocycles. The zero-order chi connectivity index (χ0) is 19.0. The van der Waals surface area contributed by atoms with Crippen molar-refractivity contribution >= 4 is 17.4 Å². The van der Waals surface area contributed by atoms with Crippen molar-refractivity contribution in [2.45, 2.75) is 39.0 Å². The van der Waals surface area contributed by atoms with Gasteiger partial charge in [-0.3, -0.25) is 4.79 Å². The van der Waals surface area contributed by atoms with Gasteiger partial charge in [0.25, 0.3) is 0 Å². The number of anilines is 1. The highest BCUT2D eigenvalue weighted by molar-refractivity contribution is 5.95. The lowest BCUT2D eigenvalue weighted by molar-refractivity contribution is 0.0999. The predicted octanol–water partition coefficient (Wildman–Crippen LogP) is 3.83. The molecule has 4 rings (SSSR count). The van der Waals surface area contributed by atoms with Gasteiger partial charge < -0.3 is 15.5 Å². The minimum Gasteiger partial charge on any atom is -0.367 e. The summed E-state index contributed by atoms with van der Waals surface area (Å²) >= 11 is 0. The molecule has 1 amide bonds. The second-order valence-corrected chi connectivity index (χ2v) is 7.68. The first kappa shape index (κ1) is 17.5. The number of primary amides is 1. The van der Waals surface area contributed by atoms with Crippen LogP contribution in [0.3, 0.4) is 0 Å². The Kier molecular flexibility index (Phi) is 4.56. The summed E-state index contributed by atoms with van der Waals surface area (Å²) < 4.78 is 1.98. The lowest BCUT2D eigenvalue weighted by Gasteiger charge is -2.08. The van der Waals surface area contributed by atoms with Crippen LogP contribution in [-0.2, 0) is 0 Å². The van der Waals surface area contributed by atoms with Crippen molar-refractivity contribution in [2.24, 2.45) is 11.7 Å². The zero-order valence-electron chi connectivity index (χ0n) is 15.8. The summed E-state index contributed by atoms with van der Waals surface area (Å²) in [5.41, 5.74) is 9.89. The van der Waals surface area contributed by atoms with E-state index >= 15 is 0 Å². The van der Waals surface area contributed by atoms with E-state index in [0.29, 0.717) is 17.4 Å². The van der Waals surface area contributed by atoms with Crippen molar-refractivity contribution in [3.8, 4) is 11.3 Å². The first-order chi connectivity index (χ1) is 13.0. The maximum Gasteiger partial charge on any atom is 0.248 e. The van der Waals surface area contributed by atoms with E-state index in [4.69, 9.17) is 10.7 Å². The Morgan fingerprint density at radius 1 is 1.37 bits per heavy atom. The molecule has 0 bridgehead atoms. The van der Waals surface area contributed by atoms with Crippen LogP contribution in [0.4, 0.5) is 5.82 Å². The molecule has 6 heteroatoms. The van der Waals surface area contributed by atoms with E-state index in [0.717, 1.165) is 54.1 Å². The van der Waals surface area contributed by atoms with Gasteiger partial charge in [-0.25, -0.2) is 9.97 Å². The molecule has 1 fully saturated rings. The number of benzene rings is 1. The van der Waals surface area contributed by atoms with E-state index in [9.17, 15) is 4.79 Å². The molecule has 27 heavy (non-hydrogen) atoms. The van der Waals surface area contributed by atoms with Gasteiger partial charge >= 0.3 is 0 Å². The molecule has 0 radical (unpaired) electrons. The molecule has 1 aliphatic carbocycles. The fraction of sp³-hybridized carbons (Fsp3) is 0.381. The van der Waals surface area contributed by atoms with E-state index in [-0.39, 0.29) is 5.91 Å². The topological polar surface area (TPSA) is 85.3 Å². The van der Waals surface area contributed by atoms with E-state index in [2.05, 4.69) is 30.2 Å². The molecule has 6 nitrogen and oxygen atoms in total. The van der Waals surface area contributed by atoms with Crippen LogP contribution in [0.5, 0.6) is 0 Å². The number of nitrogens with one attached hydrogen (secondary N) is 1. The number of rotatable bonds is 7. The molecule has 3 aromatic rings. The van der Waals surface area contributed by atoms with Crippen molar-refractivity contribution in [1.82, 2.24) is 14.4 Å². The van der Waals surface area contributed by atoms with Gasteiger partial charge in [-0.05, 0) is 48.8 Å². The van der Waals surface area contributed by atoms with Crippen LogP contribution in [0.1, 0.15) is 54.9 Å². The zero-order valence-corrected chi connectivity index (χ0v) is 15.8. The van der Waals surface area contributed by atoms with Crippen LogP contribution < -0.4 is 11.1 Å². The number of hydrogen-bond donors (Lipinski definition) is 2. The van der Waals surface area contributed by atoms with Gasteiger partial charge in [-0.15, -0.1) is 0 Å². The number of aromatic nitrogens is 3. The highest BCUT2D eigenvalue weighted by Crippen LogP contribution is 2.42. The van der Waals surface area contributed by atoms with Gasteiger partial charge in [0.15, 0.2) is 11.5 Å². The number of nitrogens with zero attached hydrogens (tertiary/aromatic N) is 3. The van der Waals surface area contributed by atoms with E-state index in [1.54, 1.807) is 6.20 Å². The third-order valence-electron chi connectivity index (χ3n) is 5.02. The Morgan fingerprint density at radius 3 is 2.89 bits per heavy atom. The average molecular weight is 363 g/mol. The molecule has 0 aliphatic heterocycles. The maximum absolute atomic E-state index is 11.7. The molecule has 2 aromatic heterocycles. The Labute approximate surface area is 158 Å². The third-order valence-corrected chi connectivity index (χ3v) is 5.02. The quantitative estimate of drug-likeness (QED) is 0.668. The Hall–Kier alpha value is -2.89. The maximum atomic E-state index is 11.7. The average Bonchev–Trinajstić information content (AvgIpc) is 3.39. The molecular formula is C21H25N5O. The molecular weight excluding hydrogens is 338 g/mol. The van der Waals surface area contributed by atoms with Crippen LogP contribution in [0.15, 0.2) is 36.8 Å². The SMILES string of the molecule is CC(C)CCNc1nccn2cc(-c3ccc(C(N)=O)c(C4CC4)c3)nc12. The summed E-state index contributed by atoms with van der Waals surface area (Å²) in [6.07, 6.45) is 8.99. The monoisotopic (exact) mass is 363 g/mol. The second kappa shape index (κ2) is 7.02. The van der Waals surface area contributed by atoms with Gasteiger partial charge in [-0.1, -0.05) is 19.9 Å². The molecule has 0 saturated heterocycles. The number of fused-ring (bicyclic) bond motifs is 1. The highest BCUT2D eigenvalue weighted by atomic mass is 16.1. The normalized spacial score (nSPS) is 14.0. The lowest BCUT2D eigenvalue weighted by Crippen LogP contribution is -2.13. The van der Waals surface area contributed by atoms with Crippen molar-refractivity contribution < 1.29 is 4.79 Å². The van der Waals surface area contributed by atoms with Crippen molar-refractivity contribution in [2.75, 3.05) is 11.9 Å². The summed E-state index contributed by atoms with van der Waals surface area (Å²) in [4.78, 5) is 21.0. The summed E-state index contributed by atoms with van der Waals surface area (Å²) in [6.45, 7) is 5.28. The third kappa shape index (κ3) is 3.65. The standard InChI is InChI=1S/C21H25N5O/c1-13(2)7-8-23-20-21-25-18(12-26(21)10-9-24-20)15-5-6-16(19(22)27)17(11-15)14-3-4-14/h5-6,9-14H,3-4,7-8H2,1-2H3,(H2,22,27)(H,23,24). The van der Waals surface area contributed by atoms with Gasteiger partial charge in [0.2, 0.25) is 5.91 Å². The molecule has 1 aromatic carbocycles. The smallest absolute Gasteiger partial charge is 0.248 e. The number of amides is 1. The van der Waals surface area contributed by atoms with Crippen molar-refractivity contribution in [3.63, 3.8) is 0 Å². The number of carbonyl (C=O) groups is 1. The van der Waals surface area contributed by atoms with E-state index < -0.39 is 0 Å². The Morgan fingerprint density at radius 2 is 2.19 bits per heavy atom. The van der Waals surface area contributed by atoms with Crippen LogP contribution >= 0.6 is 0 Å². The minimum atomic E-state index is -0.362. The summed E-state index contributed by atoms with van der Waals surface area (Å²) in [6, 6.07) is 5.82. The van der Waals surface area contributed by atoms with Crippen LogP contribution in [0, 0.1) is 5.92 Å². The van der Waals surface area contributed by atoms with Crippen molar-refractivity contribution in [1.29, 1.82) is 0 Å². The van der Waals surface area contributed by atoms with E-state index in [1.807, 2.05) is 28.9 Å². The van der Waals surface area contributed by atoms with Gasteiger partial charge in [0, 0.05) is 36.3 Å².